The number of carbonyl (C=O) groups excluding carboxylic acids is 1. The molecule has 0 fully saturated rings. The minimum atomic E-state index is -3.63. The number of primary sulfonamides is 1. The second-order valence-electron chi connectivity index (χ2n) is 5.40. The van der Waals surface area contributed by atoms with Crippen molar-refractivity contribution in [2.75, 3.05) is 31.1 Å². The summed E-state index contributed by atoms with van der Waals surface area (Å²) in [5.41, 5.74) is 2.32. The lowest BCUT2D eigenvalue weighted by Crippen LogP contribution is -2.44. The molecule has 0 aromatic heterocycles. The molecule has 0 aliphatic carbocycles. The maximum Gasteiger partial charge on any atom is 0.314 e. The van der Waals surface area contributed by atoms with Crippen LogP contribution in [0, 0.1) is 6.92 Å². The van der Waals surface area contributed by atoms with Gasteiger partial charge in [-0.1, -0.05) is 18.2 Å². The van der Waals surface area contributed by atoms with E-state index in [1.54, 1.807) is 0 Å². The Morgan fingerprint density at radius 3 is 2.52 bits per heavy atom. The zero-order valence-electron chi connectivity index (χ0n) is 13.9. The number of para-hydroxylation sites is 1. The number of nitrogens with zero attached hydrogens (tertiary/aromatic N) is 1. The highest BCUT2D eigenvalue weighted by molar-refractivity contribution is 7.89. The highest BCUT2D eigenvalue weighted by Crippen LogP contribution is 2.18. The fourth-order valence-electron chi connectivity index (χ4n) is 2.09. The van der Waals surface area contributed by atoms with E-state index < -0.39 is 21.3 Å². The first-order valence-electron chi connectivity index (χ1n) is 7.59. The van der Waals surface area contributed by atoms with Crippen LogP contribution in [-0.2, 0) is 10.0 Å². The molecule has 1 aromatic carbocycles. The molecule has 8 heteroatoms. The molecule has 7 nitrogen and oxygen atoms in total. The summed E-state index contributed by atoms with van der Waals surface area (Å²) in [5.74, 6) is 0. The summed E-state index contributed by atoms with van der Waals surface area (Å²) in [6.07, 6.45) is 0. The van der Waals surface area contributed by atoms with Crippen LogP contribution in [-0.4, -0.2) is 45.9 Å². The fourth-order valence-corrected chi connectivity index (χ4v) is 2.40. The molecule has 0 radical (unpaired) electrons. The predicted octanol–water partition coefficient (Wildman–Crippen LogP) is 0.798. The Morgan fingerprint density at radius 1 is 1.30 bits per heavy atom. The number of hydrogen-bond acceptors (Lipinski definition) is 4. The average molecular weight is 342 g/mol. The Balaban J connectivity index is 2.40. The molecule has 4 N–H and O–H groups in total. The third-order valence-corrected chi connectivity index (χ3v) is 4.90. The van der Waals surface area contributed by atoms with Crippen LogP contribution in [0.2, 0.25) is 0 Å². The zero-order valence-corrected chi connectivity index (χ0v) is 14.7. The van der Waals surface area contributed by atoms with Gasteiger partial charge in [0.1, 0.15) is 0 Å². The first-order chi connectivity index (χ1) is 10.8. The summed E-state index contributed by atoms with van der Waals surface area (Å²) in [5, 5.41) is 9.40. The largest absolute Gasteiger partial charge is 0.370 e. The van der Waals surface area contributed by atoms with Gasteiger partial charge in [-0.3, -0.25) is 0 Å². The number of hydrogen-bond donors (Lipinski definition) is 3. The van der Waals surface area contributed by atoms with Crippen LogP contribution in [0.1, 0.15) is 19.4 Å². The molecular weight excluding hydrogens is 316 g/mol. The summed E-state index contributed by atoms with van der Waals surface area (Å²) in [4.78, 5) is 13.8. The summed E-state index contributed by atoms with van der Waals surface area (Å²) in [7, 11) is -3.63. The summed E-state index contributed by atoms with van der Waals surface area (Å²) < 4.78 is 22.1. The lowest BCUT2D eigenvalue weighted by atomic mass is 10.2. The number of likely N-dealkylation sites (N-methyl/N-ethyl adjacent to an activating group) is 1. The van der Waals surface area contributed by atoms with Crippen molar-refractivity contribution >= 4 is 21.7 Å². The average Bonchev–Trinajstić information content (AvgIpc) is 2.49. The molecule has 2 amide bonds. The van der Waals surface area contributed by atoms with Crippen LogP contribution in [0.15, 0.2) is 24.3 Å². The molecule has 1 rings (SSSR count). The summed E-state index contributed by atoms with van der Waals surface area (Å²) in [6.45, 7) is 7.49. The van der Waals surface area contributed by atoms with Crippen LogP contribution < -0.4 is 20.7 Å². The van der Waals surface area contributed by atoms with E-state index in [4.69, 9.17) is 5.14 Å². The number of aryl methyl sites for hydroxylation is 1. The van der Waals surface area contributed by atoms with Gasteiger partial charge in [0.15, 0.2) is 0 Å². The number of benzene rings is 1. The van der Waals surface area contributed by atoms with Gasteiger partial charge in [0.25, 0.3) is 0 Å². The number of rotatable bonds is 8. The van der Waals surface area contributed by atoms with Gasteiger partial charge in [-0.2, -0.15) is 0 Å². The van der Waals surface area contributed by atoms with Gasteiger partial charge in [0, 0.05) is 31.9 Å². The van der Waals surface area contributed by atoms with E-state index in [0.29, 0.717) is 13.1 Å². The smallest absolute Gasteiger partial charge is 0.314 e. The fraction of sp³-hybridized carbons (Fsp3) is 0.533. The number of carbonyl (C=O) groups is 1. The zero-order chi connectivity index (χ0) is 17.5. The minimum Gasteiger partial charge on any atom is -0.370 e. The highest BCUT2D eigenvalue weighted by Gasteiger charge is 2.16. The molecule has 1 atom stereocenters. The lowest BCUT2D eigenvalue weighted by molar-refractivity contribution is 0.241. The molecule has 0 spiro atoms. The molecule has 0 aliphatic rings. The van der Waals surface area contributed by atoms with Crippen molar-refractivity contribution in [1.82, 2.24) is 10.6 Å². The van der Waals surface area contributed by atoms with E-state index >= 15 is 0 Å². The van der Waals surface area contributed by atoms with Crippen LogP contribution >= 0.6 is 0 Å². The molecule has 0 saturated heterocycles. The van der Waals surface area contributed by atoms with E-state index in [1.165, 1.54) is 12.5 Å². The molecule has 130 valence electrons. The van der Waals surface area contributed by atoms with E-state index in [-0.39, 0.29) is 6.54 Å². The molecule has 0 unspecified atom stereocenters. The number of nitrogens with one attached hydrogen (secondary N) is 2. The van der Waals surface area contributed by atoms with E-state index in [0.717, 1.165) is 12.2 Å². The Bertz CT molecular complexity index is 619. The Hall–Kier alpha value is -1.80. The number of urea groups is 1. The molecular formula is C15H26N4O3S. The number of nitrogens with two attached hydrogens (primary N) is 1. The van der Waals surface area contributed by atoms with Gasteiger partial charge in [0.2, 0.25) is 10.0 Å². The Kier molecular flexibility index (Phi) is 7.31. The van der Waals surface area contributed by atoms with Crippen molar-refractivity contribution in [2.24, 2.45) is 5.14 Å². The molecule has 0 aliphatic heterocycles. The van der Waals surface area contributed by atoms with E-state index in [1.807, 2.05) is 31.2 Å². The van der Waals surface area contributed by atoms with E-state index in [2.05, 4.69) is 22.5 Å². The van der Waals surface area contributed by atoms with Gasteiger partial charge in [-0.15, -0.1) is 0 Å². The molecule has 23 heavy (non-hydrogen) atoms. The van der Waals surface area contributed by atoms with Crippen molar-refractivity contribution in [3.63, 3.8) is 0 Å². The maximum atomic E-state index is 11.7. The quantitative estimate of drug-likeness (QED) is 0.650. The van der Waals surface area contributed by atoms with Crippen molar-refractivity contribution in [3.8, 4) is 0 Å². The van der Waals surface area contributed by atoms with Crippen molar-refractivity contribution in [3.05, 3.63) is 29.8 Å². The van der Waals surface area contributed by atoms with Crippen molar-refractivity contribution < 1.29 is 13.2 Å². The third kappa shape index (κ3) is 6.45. The van der Waals surface area contributed by atoms with Crippen LogP contribution in [0.5, 0.6) is 0 Å². The summed E-state index contributed by atoms with van der Waals surface area (Å²) in [6, 6.07) is 7.67. The van der Waals surface area contributed by atoms with Gasteiger partial charge in [-0.05, 0) is 32.4 Å². The van der Waals surface area contributed by atoms with Crippen LogP contribution in [0.4, 0.5) is 10.5 Å². The van der Waals surface area contributed by atoms with Crippen LogP contribution in [0.3, 0.4) is 0 Å². The Labute approximate surface area is 138 Å². The molecule has 0 bridgehead atoms. The normalized spacial score (nSPS) is 12.5. The van der Waals surface area contributed by atoms with Gasteiger partial charge >= 0.3 is 6.03 Å². The van der Waals surface area contributed by atoms with Gasteiger partial charge in [-0.25, -0.2) is 18.4 Å². The molecule has 1 aromatic rings. The topological polar surface area (TPSA) is 105 Å². The van der Waals surface area contributed by atoms with Gasteiger partial charge in [0.05, 0.1) is 5.25 Å². The lowest BCUT2D eigenvalue weighted by Gasteiger charge is -2.25. The SMILES string of the molecule is CCN(CCNC(=O)NC[C@H](C)S(N)(=O)=O)c1ccccc1C. The molecule has 0 heterocycles. The second kappa shape index (κ2) is 8.73. The van der Waals surface area contributed by atoms with Crippen molar-refractivity contribution in [2.45, 2.75) is 26.0 Å². The highest BCUT2D eigenvalue weighted by atomic mass is 32.2. The first kappa shape index (κ1) is 19.2. The number of sulfonamides is 1. The number of anilines is 1. The second-order valence-corrected chi connectivity index (χ2v) is 7.39. The van der Waals surface area contributed by atoms with Gasteiger partial charge < -0.3 is 15.5 Å². The minimum absolute atomic E-state index is 0.0139. The van der Waals surface area contributed by atoms with Crippen molar-refractivity contribution in [1.29, 1.82) is 0 Å². The van der Waals surface area contributed by atoms with Crippen LogP contribution in [0.25, 0.3) is 0 Å². The predicted molar refractivity (Wildman–Crippen MR) is 93.0 cm³/mol. The molecule has 0 saturated carbocycles. The Morgan fingerprint density at radius 2 is 1.96 bits per heavy atom. The first-order valence-corrected chi connectivity index (χ1v) is 9.20. The monoisotopic (exact) mass is 342 g/mol. The number of amides is 2. The summed E-state index contributed by atoms with van der Waals surface area (Å²) >= 11 is 0. The van der Waals surface area contributed by atoms with E-state index in [9.17, 15) is 13.2 Å². The maximum absolute atomic E-state index is 11.7. The third-order valence-electron chi connectivity index (χ3n) is 3.62. The standard InChI is InChI=1S/C15H26N4O3S/c1-4-19(14-8-6-5-7-12(14)2)10-9-17-15(20)18-11-13(3)23(16,21)22/h5-8,13H,4,9-11H2,1-3H3,(H2,16,21,22)(H2,17,18,20)/t13-/m0/s1.